The van der Waals surface area contributed by atoms with Gasteiger partial charge in [-0.05, 0) is 43.0 Å². The molecule has 2 N–H and O–H groups in total. The quantitative estimate of drug-likeness (QED) is 0.817. The number of hydrogen-bond donors (Lipinski definition) is 2. The molecule has 0 saturated carbocycles. The summed E-state index contributed by atoms with van der Waals surface area (Å²) in [5.41, 5.74) is 2.39. The molecule has 0 bridgehead atoms. The fourth-order valence-electron chi connectivity index (χ4n) is 3.39. The molecule has 2 amide bonds. The molecule has 27 heavy (non-hydrogen) atoms. The summed E-state index contributed by atoms with van der Waals surface area (Å²) in [7, 11) is 1.57. The van der Waals surface area contributed by atoms with E-state index in [2.05, 4.69) is 27.6 Å². The highest BCUT2D eigenvalue weighted by molar-refractivity contribution is 6.04. The zero-order valence-electron chi connectivity index (χ0n) is 15.9. The van der Waals surface area contributed by atoms with Crippen LogP contribution in [-0.4, -0.2) is 46.6 Å². The standard InChI is InChI=1S/C20H27N5O2/c1-15-4-3-9-24(11-15)12-16-5-7-17(8-6-16)20(27)23-18-10-22-25(13-18)14-19(26)21-2/h5-8,10,13,15H,3-4,9,11-12,14H2,1-2H3,(H,21,26)(H,23,27). The number of hydrogen-bond acceptors (Lipinski definition) is 4. The molecule has 0 aliphatic carbocycles. The van der Waals surface area contributed by atoms with Gasteiger partial charge >= 0.3 is 0 Å². The minimum absolute atomic E-state index is 0.121. The number of carbonyl (C=O) groups excluding carboxylic acids is 2. The Balaban J connectivity index is 1.55. The summed E-state index contributed by atoms with van der Waals surface area (Å²) in [6, 6.07) is 7.74. The van der Waals surface area contributed by atoms with E-state index in [1.54, 1.807) is 13.2 Å². The zero-order valence-corrected chi connectivity index (χ0v) is 15.9. The Morgan fingerprint density at radius 2 is 2.04 bits per heavy atom. The first-order chi connectivity index (χ1) is 13.0. The van der Waals surface area contributed by atoms with Crippen LogP contribution in [0.15, 0.2) is 36.7 Å². The molecule has 1 aliphatic rings. The van der Waals surface area contributed by atoms with Gasteiger partial charge in [-0.25, -0.2) is 0 Å². The van der Waals surface area contributed by atoms with E-state index in [1.165, 1.54) is 29.3 Å². The Morgan fingerprint density at radius 3 is 2.74 bits per heavy atom. The maximum atomic E-state index is 12.4. The topological polar surface area (TPSA) is 79.3 Å². The van der Waals surface area contributed by atoms with Gasteiger partial charge in [0.25, 0.3) is 5.91 Å². The second kappa shape index (κ2) is 8.81. The summed E-state index contributed by atoms with van der Waals surface area (Å²) in [4.78, 5) is 26.2. The van der Waals surface area contributed by atoms with E-state index in [0.717, 1.165) is 25.6 Å². The van der Waals surface area contributed by atoms with Crippen molar-refractivity contribution < 1.29 is 9.59 Å². The van der Waals surface area contributed by atoms with Crippen LogP contribution in [0.5, 0.6) is 0 Å². The minimum Gasteiger partial charge on any atom is -0.358 e. The van der Waals surface area contributed by atoms with Crippen molar-refractivity contribution in [3.05, 3.63) is 47.8 Å². The molecule has 1 saturated heterocycles. The normalized spacial score (nSPS) is 17.5. The first-order valence-corrected chi connectivity index (χ1v) is 9.39. The van der Waals surface area contributed by atoms with E-state index in [4.69, 9.17) is 0 Å². The van der Waals surface area contributed by atoms with Gasteiger partial charge in [0.05, 0.1) is 11.9 Å². The summed E-state index contributed by atoms with van der Waals surface area (Å²) in [6.07, 6.45) is 5.75. The molecule has 1 atom stereocenters. The molecule has 1 unspecified atom stereocenters. The molecule has 0 radical (unpaired) electrons. The van der Waals surface area contributed by atoms with Gasteiger partial charge in [-0.1, -0.05) is 19.1 Å². The number of anilines is 1. The van der Waals surface area contributed by atoms with Crippen LogP contribution in [0.3, 0.4) is 0 Å². The molecule has 7 heteroatoms. The number of nitrogens with one attached hydrogen (secondary N) is 2. The highest BCUT2D eigenvalue weighted by atomic mass is 16.2. The second-order valence-corrected chi connectivity index (χ2v) is 7.23. The molecular formula is C20H27N5O2. The molecule has 2 aromatic rings. The van der Waals surface area contributed by atoms with E-state index >= 15 is 0 Å². The number of nitrogens with zero attached hydrogens (tertiary/aromatic N) is 3. The number of aromatic nitrogens is 2. The summed E-state index contributed by atoms with van der Waals surface area (Å²) >= 11 is 0. The third-order valence-corrected chi connectivity index (χ3v) is 4.84. The Hall–Kier alpha value is -2.67. The van der Waals surface area contributed by atoms with Crippen LogP contribution in [0.25, 0.3) is 0 Å². The molecule has 1 aliphatic heterocycles. The zero-order chi connectivity index (χ0) is 19.2. The highest BCUT2D eigenvalue weighted by Gasteiger charge is 2.16. The monoisotopic (exact) mass is 369 g/mol. The summed E-state index contributed by atoms with van der Waals surface area (Å²) in [5, 5.41) is 9.42. The first kappa shape index (κ1) is 19.1. The number of amides is 2. The van der Waals surface area contributed by atoms with Crippen molar-refractivity contribution in [2.45, 2.75) is 32.9 Å². The fraction of sp³-hybridized carbons (Fsp3) is 0.450. The van der Waals surface area contributed by atoms with Crippen molar-refractivity contribution in [1.29, 1.82) is 0 Å². The highest BCUT2D eigenvalue weighted by Crippen LogP contribution is 2.18. The molecule has 0 spiro atoms. The molecule has 3 rings (SSSR count). The molecule has 1 aromatic carbocycles. The molecule has 2 heterocycles. The minimum atomic E-state index is -0.187. The fourth-order valence-corrected chi connectivity index (χ4v) is 3.39. The predicted octanol–water partition coefficient (Wildman–Crippen LogP) is 2.11. The van der Waals surface area contributed by atoms with Crippen LogP contribution in [0, 0.1) is 5.92 Å². The maximum absolute atomic E-state index is 12.4. The van der Waals surface area contributed by atoms with Gasteiger partial charge in [-0.2, -0.15) is 5.10 Å². The number of rotatable bonds is 6. The van der Waals surface area contributed by atoms with E-state index < -0.39 is 0 Å². The molecule has 144 valence electrons. The molecule has 7 nitrogen and oxygen atoms in total. The smallest absolute Gasteiger partial charge is 0.255 e. The van der Waals surface area contributed by atoms with Crippen LogP contribution in [-0.2, 0) is 17.9 Å². The van der Waals surface area contributed by atoms with Gasteiger partial charge in [0.1, 0.15) is 6.54 Å². The summed E-state index contributed by atoms with van der Waals surface area (Å²) in [6.45, 7) is 5.64. The van der Waals surface area contributed by atoms with Gasteiger partial charge in [0, 0.05) is 31.9 Å². The lowest BCUT2D eigenvalue weighted by atomic mass is 9.99. The van der Waals surface area contributed by atoms with Crippen molar-refractivity contribution in [1.82, 2.24) is 20.0 Å². The Morgan fingerprint density at radius 1 is 1.26 bits per heavy atom. The molecule has 1 fully saturated rings. The summed E-state index contributed by atoms with van der Waals surface area (Å²) < 4.78 is 1.48. The molecule has 1 aromatic heterocycles. The number of piperidine rings is 1. The van der Waals surface area contributed by atoms with Crippen LogP contribution in [0.2, 0.25) is 0 Å². The Bertz CT molecular complexity index is 784. The van der Waals surface area contributed by atoms with E-state index in [9.17, 15) is 9.59 Å². The van der Waals surface area contributed by atoms with Gasteiger partial charge in [-0.15, -0.1) is 0 Å². The predicted molar refractivity (Wildman–Crippen MR) is 104 cm³/mol. The van der Waals surface area contributed by atoms with Crippen molar-refractivity contribution >= 4 is 17.5 Å². The van der Waals surface area contributed by atoms with Crippen LogP contribution < -0.4 is 10.6 Å². The average molecular weight is 369 g/mol. The van der Waals surface area contributed by atoms with Crippen molar-refractivity contribution in [2.75, 3.05) is 25.5 Å². The second-order valence-electron chi connectivity index (χ2n) is 7.23. The third-order valence-electron chi connectivity index (χ3n) is 4.84. The lowest BCUT2D eigenvalue weighted by Gasteiger charge is -2.30. The van der Waals surface area contributed by atoms with Gasteiger partial charge in [0.2, 0.25) is 5.91 Å². The number of likely N-dealkylation sites (tertiary alicyclic amines) is 1. The van der Waals surface area contributed by atoms with Gasteiger partial charge in [-0.3, -0.25) is 19.2 Å². The van der Waals surface area contributed by atoms with Crippen LogP contribution in [0.4, 0.5) is 5.69 Å². The Kier molecular flexibility index (Phi) is 6.24. The lowest BCUT2D eigenvalue weighted by Crippen LogP contribution is -2.33. The van der Waals surface area contributed by atoms with Crippen LogP contribution in [0.1, 0.15) is 35.7 Å². The number of likely N-dealkylation sites (N-methyl/N-ethyl adjacent to an activating group) is 1. The van der Waals surface area contributed by atoms with Crippen molar-refractivity contribution in [3.8, 4) is 0 Å². The van der Waals surface area contributed by atoms with E-state index in [0.29, 0.717) is 11.3 Å². The lowest BCUT2D eigenvalue weighted by molar-refractivity contribution is -0.121. The van der Waals surface area contributed by atoms with Gasteiger partial charge < -0.3 is 10.6 Å². The van der Waals surface area contributed by atoms with E-state index in [-0.39, 0.29) is 18.4 Å². The van der Waals surface area contributed by atoms with Crippen molar-refractivity contribution in [3.63, 3.8) is 0 Å². The maximum Gasteiger partial charge on any atom is 0.255 e. The van der Waals surface area contributed by atoms with Crippen molar-refractivity contribution in [2.24, 2.45) is 5.92 Å². The number of benzene rings is 1. The van der Waals surface area contributed by atoms with Gasteiger partial charge in [0.15, 0.2) is 0 Å². The number of carbonyl (C=O) groups is 2. The first-order valence-electron chi connectivity index (χ1n) is 9.39. The van der Waals surface area contributed by atoms with E-state index in [1.807, 2.05) is 24.3 Å². The summed E-state index contributed by atoms with van der Waals surface area (Å²) in [5.74, 6) is 0.426. The Labute approximate surface area is 159 Å². The average Bonchev–Trinajstić information content (AvgIpc) is 3.09. The third kappa shape index (κ3) is 5.40. The molecular weight excluding hydrogens is 342 g/mol. The SMILES string of the molecule is CNC(=O)Cn1cc(NC(=O)c2ccc(CN3CCCC(C)C3)cc2)cn1. The largest absolute Gasteiger partial charge is 0.358 e. The van der Waals surface area contributed by atoms with Crippen LogP contribution >= 0.6 is 0 Å².